The van der Waals surface area contributed by atoms with Gasteiger partial charge in [-0.2, -0.15) is 11.8 Å². The Hall–Kier alpha value is -0.680. The fourth-order valence-corrected chi connectivity index (χ4v) is 3.43. The van der Waals surface area contributed by atoms with E-state index >= 15 is 0 Å². The van der Waals surface area contributed by atoms with Crippen molar-refractivity contribution < 1.29 is 4.79 Å². The molecule has 0 radical (unpaired) electrons. The quantitative estimate of drug-likeness (QED) is 0.838. The maximum absolute atomic E-state index is 12.1. The molecule has 2 rings (SSSR count). The zero-order valence-electron chi connectivity index (χ0n) is 10.3. The van der Waals surface area contributed by atoms with Gasteiger partial charge in [0.1, 0.15) is 0 Å². The number of nitrogens with one attached hydrogen (secondary N) is 1. The Bertz CT molecular complexity index is 453. The summed E-state index contributed by atoms with van der Waals surface area (Å²) < 4.78 is 0.871. The third-order valence-electron chi connectivity index (χ3n) is 3.31. The zero-order chi connectivity index (χ0) is 13.1. The van der Waals surface area contributed by atoms with Crippen LogP contribution in [-0.2, 0) is 0 Å². The van der Waals surface area contributed by atoms with Crippen molar-refractivity contribution in [3.05, 3.63) is 28.2 Å². The van der Waals surface area contributed by atoms with Gasteiger partial charge in [-0.3, -0.25) is 4.79 Å². The normalized spacial score (nSPS) is 23.0. The summed E-state index contributed by atoms with van der Waals surface area (Å²) in [5, 5.41) is 3.75. The van der Waals surface area contributed by atoms with Gasteiger partial charge in [-0.1, -0.05) is 15.9 Å². The minimum Gasteiger partial charge on any atom is -0.398 e. The maximum atomic E-state index is 12.1. The number of anilines is 1. The molecule has 2 atom stereocenters. The fraction of sp³-hybridized carbons (Fsp3) is 0.462. The molecule has 0 aliphatic heterocycles. The summed E-state index contributed by atoms with van der Waals surface area (Å²) >= 11 is 5.24. The van der Waals surface area contributed by atoms with Gasteiger partial charge in [-0.05, 0) is 43.7 Å². The molecule has 2 unspecified atom stereocenters. The van der Waals surface area contributed by atoms with Gasteiger partial charge in [0.05, 0.1) is 5.56 Å². The van der Waals surface area contributed by atoms with Gasteiger partial charge < -0.3 is 11.1 Å². The highest BCUT2D eigenvalue weighted by Gasteiger charge is 2.25. The van der Waals surface area contributed by atoms with E-state index in [1.54, 1.807) is 12.1 Å². The summed E-state index contributed by atoms with van der Waals surface area (Å²) in [6.45, 7) is 0. The Balaban J connectivity index is 2.02. The first-order valence-electron chi connectivity index (χ1n) is 5.99. The van der Waals surface area contributed by atoms with Crippen LogP contribution >= 0.6 is 27.7 Å². The monoisotopic (exact) mass is 328 g/mol. The zero-order valence-corrected chi connectivity index (χ0v) is 12.7. The molecule has 3 N–H and O–H groups in total. The summed E-state index contributed by atoms with van der Waals surface area (Å²) in [6, 6.07) is 5.64. The summed E-state index contributed by atoms with van der Waals surface area (Å²) in [5.74, 6) is -0.0689. The second-order valence-corrected chi connectivity index (χ2v) is 6.63. The van der Waals surface area contributed by atoms with E-state index in [1.165, 1.54) is 6.42 Å². The first-order chi connectivity index (χ1) is 8.60. The number of amides is 1. The molecule has 18 heavy (non-hydrogen) atoms. The fourth-order valence-electron chi connectivity index (χ4n) is 2.27. The Labute approximate surface area is 120 Å². The van der Waals surface area contributed by atoms with E-state index in [0.29, 0.717) is 16.5 Å². The van der Waals surface area contributed by atoms with Gasteiger partial charge >= 0.3 is 0 Å². The Kier molecular flexibility index (Phi) is 4.56. The van der Waals surface area contributed by atoms with Crippen LogP contribution in [0.2, 0.25) is 0 Å². The van der Waals surface area contributed by atoms with Crippen molar-refractivity contribution in [2.24, 2.45) is 0 Å². The van der Waals surface area contributed by atoms with Crippen molar-refractivity contribution in [3.8, 4) is 0 Å². The van der Waals surface area contributed by atoms with Gasteiger partial charge in [-0.15, -0.1) is 0 Å². The first kappa shape index (κ1) is 13.7. The molecule has 1 aliphatic rings. The number of nitrogen functional groups attached to an aromatic ring is 1. The lowest BCUT2D eigenvalue weighted by Crippen LogP contribution is -2.33. The molecule has 1 amide bonds. The molecule has 0 aromatic heterocycles. The number of carbonyl (C=O) groups is 1. The van der Waals surface area contributed by atoms with Crippen molar-refractivity contribution in [1.29, 1.82) is 0 Å². The molecule has 1 aromatic carbocycles. The number of halogens is 1. The maximum Gasteiger partial charge on any atom is 0.253 e. The Morgan fingerprint density at radius 1 is 1.50 bits per heavy atom. The highest BCUT2D eigenvalue weighted by atomic mass is 79.9. The molecule has 1 fully saturated rings. The predicted molar refractivity (Wildman–Crippen MR) is 81.0 cm³/mol. The van der Waals surface area contributed by atoms with E-state index < -0.39 is 0 Å². The molecule has 5 heteroatoms. The number of carbonyl (C=O) groups excluding carboxylic acids is 1. The van der Waals surface area contributed by atoms with Crippen LogP contribution in [0.3, 0.4) is 0 Å². The van der Waals surface area contributed by atoms with Crippen LogP contribution < -0.4 is 11.1 Å². The number of benzene rings is 1. The lowest BCUT2D eigenvalue weighted by Gasteiger charge is -2.14. The summed E-state index contributed by atoms with van der Waals surface area (Å²) in [4.78, 5) is 12.1. The Morgan fingerprint density at radius 3 is 2.94 bits per heavy atom. The number of rotatable bonds is 3. The van der Waals surface area contributed by atoms with E-state index in [4.69, 9.17) is 5.73 Å². The predicted octanol–water partition coefficient (Wildman–Crippen LogP) is 3.05. The topological polar surface area (TPSA) is 55.1 Å². The number of hydrogen-bond donors (Lipinski definition) is 2. The second-order valence-electron chi connectivity index (χ2n) is 4.57. The smallest absolute Gasteiger partial charge is 0.253 e. The molecule has 0 bridgehead atoms. The number of hydrogen-bond acceptors (Lipinski definition) is 3. The van der Waals surface area contributed by atoms with E-state index in [0.717, 1.165) is 17.3 Å². The molecule has 0 heterocycles. The van der Waals surface area contributed by atoms with Crippen molar-refractivity contribution in [1.82, 2.24) is 5.32 Å². The molecule has 1 aromatic rings. The van der Waals surface area contributed by atoms with Crippen LogP contribution in [0.4, 0.5) is 5.69 Å². The van der Waals surface area contributed by atoms with Gasteiger partial charge in [-0.25, -0.2) is 0 Å². The van der Waals surface area contributed by atoms with Crippen molar-refractivity contribution >= 4 is 39.3 Å². The van der Waals surface area contributed by atoms with Gasteiger partial charge in [0, 0.05) is 21.5 Å². The molecular weight excluding hydrogens is 312 g/mol. The number of thioether (sulfide) groups is 1. The lowest BCUT2D eigenvalue weighted by molar-refractivity contribution is 0.0939. The van der Waals surface area contributed by atoms with Crippen LogP contribution in [0, 0.1) is 0 Å². The van der Waals surface area contributed by atoms with Crippen molar-refractivity contribution in [3.63, 3.8) is 0 Å². The molecule has 98 valence electrons. The summed E-state index contributed by atoms with van der Waals surface area (Å²) in [5.41, 5.74) is 6.91. The summed E-state index contributed by atoms with van der Waals surface area (Å²) in [6.07, 6.45) is 5.42. The molecule has 1 saturated carbocycles. The highest BCUT2D eigenvalue weighted by molar-refractivity contribution is 9.10. The van der Waals surface area contributed by atoms with Gasteiger partial charge in [0.25, 0.3) is 5.91 Å². The molecule has 0 saturated heterocycles. The third kappa shape index (κ3) is 3.20. The summed E-state index contributed by atoms with van der Waals surface area (Å²) in [7, 11) is 0. The average molecular weight is 329 g/mol. The standard InChI is InChI=1S/C13H17BrN2OS/c1-18-10-4-3-9(7-10)16-13(17)11-6-8(14)2-5-12(11)15/h2,5-6,9-10H,3-4,7,15H2,1H3,(H,16,17). The minimum atomic E-state index is -0.0689. The Morgan fingerprint density at radius 2 is 2.28 bits per heavy atom. The lowest BCUT2D eigenvalue weighted by atomic mass is 10.1. The van der Waals surface area contributed by atoms with E-state index in [9.17, 15) is 4.79 Å². The van der Waals surface area contributed by atoms with Crippen LogP contribution in [-0.4, -0.2) is 23.5 Å². The average Bonchev–Trinajstić information content (AvgIpc) is 2.80. The van der Waals surface area contributed by atoms with Gasteiger partial charge in [0.15, 0.2) is 0 Å². The second kappa shape index (κ2) is 5.97. The van der Waals surface area contributed by atoms with Crippen molar-refractivity contribution in [2.45, 2.75) is 30.6 Å². The molecule has 0 spiro atoms. The first-order valence-corrected chi connectivity index (χ1v) is 8.07. The number of nitrogens with two attached hydrogens (primary N) is 1. The molecular formula is C13H17BrN2OS. The van der Waals surface area contributed by atoms with Crippen LogP contribution in [0.1, 0.15) is 29.6 Å². The van der Waals surface area contributed by atoms with Crippen LogP contribution in [0.5, 0.6) is 0 Å². The SMILES string of the molecule is CSC1CCC(NC(=O)c2cc(Br)ccc2N)C1. The minimum absolute atomic E-state index is 0.0689. The third-order valence-corrected chi connectivity index (χ3v) is 4.90. The van der Waals surface area contributed by atoms with Crippen LogP contribution in [0.15, 0.2) is 22.7 Å². The largest absolute Gasteiger partial charge is 0.398 e. The molecule has 1 aliphatic carbocycles. The highest BCUT2D eigenvalue weighted by Crippen LogP contribution is 2.28. The van der Waals surface area contributed by atoms with E-state index in [-0.39, 0.29) is 11.9 Å². The van der Waals surface area contributed by atoms with Crippen molar-refractivity contribution in [2.75, 3.05) is 12.0 Å². The van der Waals surface area contributed by atoms with Crippen LogP contribution in [0.25, 0.3) is 0 Å². The van der Waals surface area contributed by atoms with Gasteiger partial charge in [0.2, 0.25) is 0 Å². The van der Waals surface area contributed by atoms with E-state index in [2.05, 4.69) is 27.5 Å². The molecule has 3 nitrogen and oxygen atoms in total. The van der Waals surface area contributed by atoms with E-state index in [1.807, 2.05) is 17.8 Å².